The minimum Gasteiger partial charge on any atom is -0.486 e. The SMILES string of the molecule is CCCCNc1nc(N)ncc1OCCOCC(F)(F)F. The number of hydrogen-bond acceptors (Lipinski definition) is 6. The topological polar surface area (TPSA) is 82.3 Å². The van der Waals surface area contributed by atoms with Crippen LogP contribution in [0.3, 0.4) is 0 Å². The summed E-state index contributed by atoms with van der Waals surface area (Å²) in [4.78, 5) is 7.78. The third-order valence-corrected chi connectivity index (χ3v) is 2.35. The smallest absolute Gasteiger partial charge is 0.411 e. The molecule has 9 heteroatoms. The molecule has 1 rings (SSSR count). The average Bonchev–Trinajstić information content (AvgIpc) is 2.39. The van der Waals surface area contributed by atoms with Crippen molar-refractivity contribution >= 4 is 11.8 Å². The van der Waals surface area contributed by atoms with Gasteiger partial charge in [0, 0.05) is 6.54 Å². The van der Waals surface area contributed by atoms with Gasteiger partial charge in [-0.15, -0.1) is 0 Å². The van der Waals surface area contributed by atoms with Gasteiger partial charge in [-0.05, 0) is 6.42 Å². The Labute approximate surface area is 120 Å². The molecular formula is C12H19F3N4O2. The second kappa shape index (κ2) is 8.50. The van der Waals surface area contributed by atoms with Crippen LogP contribution in [0.1, 0.15) is 19.8 Å². The fraction of sp³-hybridized carbons (Fsp3) is 0.667. The lowest BCUT2D eigenvalue weighted by Crippen LogP contribution is -2.19. The van der Waals surface area contributed by atoms with E-state index in [0.717, 1.165) is 12.8 Å². The molecule has 120 valence electrons. The molecule has 0 bridgehead atoms. The number of nitrogens with one attached hydrogen (secondary N) is 1. The number of nitrogens with zero attached hydrogens (tertiary/aromatic N) is 2. The first-order chi connectivity index (χ1) is 9.92. The summed E-state index contributed by atoms with van der Waals surface area (Å²) in [5, 5.41) is 3.04. The maximum atomic E-state index is 11.9. The molecule has 0 aromatic carbocycles. The number of ether oxygens (including phenoxy) is 2. The van der Waals surface area contributed by atoms with Crippen molar-refractivity contribution in [2.45, 2.75) is 25.9 Å². The molecule has 1 heterocycles. The standard InChI is InChI=1S/C12H19F3N4O2/c1-2-3-4-17-10-9(7-18-11(16)19-10)21-6-5-20-8-12(13,14)15/h7H,2-6,8H2,1H3,(H3,16,17,18,19). The van der Waals surface area contributed by atoms with Crippen LogP contribution in [-0.4, -0.2) is 42.5 Å². The third kappa shape index (κ3) is 7.54. The number of nitrogens with two attached hydrogens (primary N) is 1. The van der Waals surface area contributed by atoms with Gasteiger partial charge in [-0.25, -0.2) is 4.98 Å². The number of unbranched alkanes of at least 4 members (excludes halogenated alkanes) is 1. The van der Waals surface area contributed by atoms with E-state index in [4.69, 9.17) is 10.5 Å². The summed E-state index contributed by atoms with van der Waals surface area (Å²) in [5.74, 6) is 0.845. The third-order valence-electron chi connectivity index (χ3n) is 2.35. The molecule has 0 aliphatic rings. The largest absolute Gasteiger partial charge is 0.486 e. The van der Waals surface area contributed by atoms with Crippen molar-refractivity contribution in [3.63, 3.8) is 0 Å². The first-order valence-corrected chi connectivity index (χ1v) is 6.56. The lowest BCUT2D eigenvalue weighted by Gasteiger charge is -2.12. The van der Waals surface area contributed by atoms with Gasteiger partial charge in [0.1, 0.15) is 13.2 Å². The summed E-state index contributed by atoms with van der Waals surface area (Å²) >= 11 is 0. The Kier molecular flexibility index (Phi) is 7.00. The molecule has 21 heavy (non-hydrogen) atoms. The maximum absolute atomic E-state index is 11.9. The number of alkyl halides is 3. The van der Waals surface area contributed by atoms with Gasteiger partial charge in [-0.2, -0.15) is 18.2 Å². The van der Waals surface area contributed by atoms with Crippen molar-refractivity contribution < 1.29 is 22.6 Å². The second-order valence-corrected chi connectivity index (χ2v) is 4.24. The molecular weight excluding hydrogens is 289 g/mol. The Balaban J connectivity index is 2.42. The molecule has 1 aromatic rings. The van der Waals surface area contributed by atoms with Crippen LogP contribution in [0.25, 0.3) is 0 Å². The number of rotatable bonds is 9. The highest BCUT2D eigenvalue weighted by Gasteiger charge is 2.27. The van der Waals surface area contributed by atoms with Crippen LogP contribution in [-0.2, 0) is 4.74 Å². The highest BCUT2D eigenvalue weighted by atomic mass is 19.4. The molecule has 0 saturated carbocycles. The zero-order valence-electron chi connectivity index (χ0n) is 11.7. The number of hydrogen-bond donors (Lipinski definition) is 2. The Bertz CT molecular complexity index is 429. The summed E-state index contributed by atoms with van der Waals surface area (Å²) in [6, 6.07) is 0. The normalized spacial score (nSPS) is 11.4. The molecule has 1 aromatic heterocycles. The summed E-state index contributed by atoms with van der Waals surface area (Å²) in [6.45, 7) is 1.22. The van der Waals surface area contributed by atoms with E-state index in [1.165, 1.54) is 6.20 Å². The zero-order chi connectivity index (χ0) is 15.7. The van der Waals surface area contributed by atoms with Gasteiger partial charge in [0.25, 0.3) is 0 Å². The molecule has 3 N–H and O–H groups in total. The first kappa shape index (κ1) is 17.3. The van der Waals surface area contributed by atoms with Crippen LogP contribution in [0.5, 0.6) is 5.75 Å². The molecule has 0 saturated heterocycles. The van der Waals surface area contributed by atoms with Crippen molar-refractivity contribution in [2.24, 2.45) is 0 Å². The summed E-state index contributed by atoms with van der Waals surface area (Å²) in [6.07, 6.45) is -1.01. The summed E-state index contributed by atoms with van der Waals surface area (Å²) in [5.41, 5.74) is 5.49. The van der Waals surface area contributed by atoms with Crippen LogP contribution >= 0.6 is 0 Å². The number of nitrogen functional groups attached to an aromatic ring is 1. The Morgan fingerprint density at radius 1 is 1.33 bits per heavy atom. The quantitative estimate of drug-likeness (QED) is 0.681. The number of anilines is 2. The van der Waals surface area contributed by atoms with E-state index in [1.54, 1.807) is 0 Å². The van der Waals surface area contributed by atoms with E-state index < -0.39 is 12.8 Å². The van der Waals surface area contributed by atoms with E-state index >= 15 is 0 Å². The van der Waals surface area contributed by atoms with E-state index in [2.05, 4.69) is 20.0 Å². The summed E-state index contributed by atoms with van der Waals surface area (Å²) in [7, 11) is 0. The average molecular weight is 308 g/mol. The molecule has 0 aliphatic heterocycles. The van der Waals surface area contributed by atoms with Crippen LogP contribution < -0.4 is 15.8 Å². The fourth-order valence-corrected chi connectivity index (χ4v) is 1.40. The van der Waals surface area contributed by atoms with Crippen molar-refractivity contribution in [2.75, 3.05) is 37.4 Å². The molecule has 0 spiro atoms. The van der Waals surface area contributed by atoms with Crippen LogP contribution in [0, 0.1) is 0 Å². The molecule has 6 nitrogen and oxygen atoms in total. The molecule has 0 atom stereocenters. The zero-order valence-corrected chi connectivity index (χ0v) is 11.7. The van der Waals surface area contributed by atoms with Crippen molar-refractivity contribution in [3.8, 4) is 5.75 Å². The highest BCUT2D eigenvalue weighted by molar-refractivity contribution is 5.51. The summed E-state index contributed by atoms with van der Waals surface area (Å²) < 4.78 is 45.4. The van der Waals surface area contributed by atoms with E-state index in [-0.39, 0.29) is 19.2 Å². The Hall–Kier alpha value is -1.77. The van der Waals surface area contributed by atoms with Gasteiger partial charge in [0.05, 0.1) is 12.8 Å². The minimum absolute atomic E-state index is 0.0359. The van der Waals surface area contributed by atoms with Gasteiger partial charge >= 0.3 is 6.18 Å². The molecule has 0 aliphatic carbocycles. The predicted octanol–water partition coefficient (Wildman–Crippen LogP) is 2.23. The molecule has 0 radical (unpaired) electrons. The van der Waals surface area contributed by atoms with Crippen LogP contribution in [0.4, 0.5) is 24.9 Å². The first-order valence-electron chi connectivity index (χ1n) is 6.56. The van der Waals surface area contributed by atoms with E-state index in [0.29, 0.717) is 18.1 Å². The molecule has 0 unspecified atom stereocenters. The van der Waals surface area contributed by atoms with E-state index in [9.17, 15) is 13.2 Å². The predicted molar refractivity (Wildman–Crippen MR) is 72.2 cm³/mol. The van der Waals surface area contributed by atoms with Gasteiger partial charge in [0.15, 0.2) is 11.6 Å². The molecule has 0 amide bonds. The number of halogens is 3. The van der Waals surface area contributed by atoms with Crippen LogP contribution in [0.15, 0.2) is 6.20 Å². The second-order valence-electron chi connectivity index (χ2n) is 4.24. The van der Waals surface area contributed by atoms with Crippen molar-refractivity contribution in [1.29, 1.82) is 0 Å². The van der Waals surface area contributed by atoms with Gasteiger partial charge in [0.2, 0.25) is 5.95 Å². The van der Waals surface area contributed by atoms with Crippen molar-refractivity contribution in [1.82, 2.24) is 9.97 Å². The lowest BCUT2D eigenvalue weighted by molar-refractivity contribution is -0.175. The van der Waals surface area contributed by atoms with Crippen LogP contribution in [0.2, 0.25) is 0 Å². The minimum atomic E-state index is -4.34. The van der Waals surface area contributed by atoms with Gasteiger partial charge < -0.3 is 20.5 Å². The number of aromatic nitrogens is 2. The Morgan fingerprint density at radius 2 is 2.10 bits per heavy atom. The van der Waals surface area contributed by atoms with E-state index in [1.807, 2.05) is 6.92 Å². The maximum Gasteiger partial charge on any atom is 0.411 e. The fourth-order valence-electron chi connectivity index (χ4n) is 1.40. The monoisotopic (exact) mass is 308 g/mol. The van der Waals surface area contributed by atoms with Gasteiger partial charge in [-0.3, -0.25) is 0 Å². The highest BCUT2D eigenvalue weighted by Crippen LogP contribution is 2.21. The Morgan fingerprint density at radius 3 is 2.76 bits per heavy atom. The lowest BCUT2D eigenvalue weighted by atomic mass is 10.3. The van der Waals surface area contributed by atoms with Crippen molar-refractivity contribution in [3.05, 3.63) is 6.20 Å². The molecule has 0 fully saturated rings. The van der Waals surface area contributed by atoms with Gasteiger partial charge in [-0.1, -0.05) is 13.3 Å².